The highest BCUT2D eigenvalue weighted by molar-refractivity contribution is 5.80. The Morgan fingerprint density at radius 3 is 2.53 bits per heavy atom. The van der Waals surface area contributed by atoms with E-state index in [1.807, 2.05) is 0 Å². The lowest BCUT2D eigenvalue weighted by Crippen LogP contribution is -2.37. The Bertz CT molecular complexity index is 471. The van der Waals surface area contributed by atoms with Gasteiger partial charge in [0.1, 0.15) is 0 Å². The van der Waals surface area contributed by atoms with Crippen LogP contribution < -0.4 is 5.73 Å². The van der Waals surface area contributed by atoms with Gasteiger partial charge < -0.3 is 10.6 Å². The average Bonchev–Trinajstić information content (AvgIpc) is 3.15. The van der Waals surface area contributed by atoms with Gasteiger partial charge in [0.05, 0.1) is 12.6 Å². The molecule has 1 saturated carbocycles. The summed E-state index contributed by atoms with van der Waals surface area (Å²) < 4.78 is 0. The molecule has 19 heavy (non-hydrogen) atoms. The highest BCUT2D eigenvalue weighted by Crippen LogP contribution is 2.34. The molecule has 1 heterocycles. The van der Waals surface area contributed by atoms with E-state index in [0.717, 1.165) is 25.0 Å². The topological polar surface area (TPSA) is 41.6 Å². The van der Waals surface area contributed by atoms with E-state index in [2.05, 4.69) is 48.0 Å². The highest BCUT2D eigenvalue weighted by atomic mass is 15.3. The van der Waals surface area contributed by atoms with Crippen LogP contribution in [0.25, 0.3) is 0 Å². The van der Waals surface area contributed by atoms with Crippen molar-refractivity contribution in [1.29, 1.82) is 0 Å². The number of nitrogens with two attached hydrogens (primary N) is 1. The third-order valence-electron chi connectivity index (χ3n) is 4.24. The maximum atomic E-state index is 6.04. The van der Waals surface area contributed by atoms with Gasteiger partial charge in [0, 0.05) is 6.54 Å². The summed E-state index contributed by atoms with van der Waals surface area (Å²) >= 11 is 0. The van der Waals surface area contributed by atoms with E-state index in [-0.39, 0.29) is 0 Å². The fraction of sp³-hybridized carbons (Fsp3) is 0.562. The Balaban J connectivity index is 1.76. The molecule has 3 nitrogen and oxygen atoms in total. The first-order chi connectivity index (χ1) is 9.15. The van der Waals surface area contributed by atoms with Gasteiger partial charge in [0.25, 0.3) is 0 Å². The quantitative estimate of drug-likeness (QED) is 0.901. The van der Waals surface area contributed by atoms with Crippen molar-refractivity contribution in [2.75, 3.05) is 13.1 Å². The predicted octanol–water partition coefficient (Wildman–Crippen LogP) is 2.89. The smallest absolute Gasteiger partial charge is 0.191 e. The van der Waals surface area contributed by atoms with Crippen molar-refractivity contribution < 1.29 is 0 Å². The molecular weight excluding hydrogens is 234 g/mol. The monoisotopic (exact) mass is 257 g/mol. The summed E-state index contributed by atoms with van der Waals surface area (Å²) in [6, 6.07) is 9.32. The standard InChI is InChI=1S/C16H23N3/c1-11(2)13-5-7-14(8-6-13)15-9-18-16(17)19(15)10-12-3-4-12/h5-8,11-12,15H,3-4,9-10H2,1-2H3,(H2,17,18). The third kappa shape index (κ3) is 2.60. The molecule has 0 saturated heterocycles. The number of hydrogen-bond acceptors (Lipinski definition) is 3. The maximum absolute atomic E-state index is 6.04. The second kappa shape index (κ2) is 4.87. The first-order valence-corrected chi connectivity index (χ1v) is 7.31. The molecule has 1 aliphatic carbocycles. The summed E-state index contributed by atoms with van der Waals surface area (Å²) in [5.41, 5.74) is 8.77. The van der Waals surface area contributed by atoms with Crippen molar-refractivity contribution in [3.63, 3.8) is 0 Å². The molecular formula is C16H23N3. The molecule has 0 bridgehead atoms. The predicted molar refractivity (Wildman–Crippen MR) is 79.2 cm³/mol. The minimum Gasteiger partial charge on any atom is -0.370 e. The van der Waals surface area contributed by atoms with Crippen molar-refractivity contribution in [1.82, 2.24) is 4.90 Å². The molecule has 0 aromatic heterocycles. The first kappa shape index (κ1) is 12.5. The van der Waals surface area contributed by atoms with Gasteiger partial charge in [-0.05, 0) is 35.8 Å². The lowest BCUT2D eigenvalue weighted by atomic mass is 9.98. The molecule has 2 N–H and O–H groups in total. The van der Waals surface area contributed by atoms with Crippen LogP contribution >= 0.6 is 0 Å². The van der Waals surface area contributed by atoms with Crippen LogP contribution in [0.1, 0.15) is 49.8 Å². The second-order valence-electron chi connectivity index (χ2n) is 6.13. The highest BCUT2D eigenvalue weighted by Gasteiger charge is 2.32. The summed E-state index contributed by atoms with van der Waals surface area (Å²) in [4.78, 5) is 6.73. The number of aliphatic imine (C=N–C) groups is 1. The normalized spacial score (nSPS) is 23.0. The molecule has 0 radical (unpaired) electrons. The van der Waals surface area contributed by atoms with Crippen LogP contribution in [0, 0.1) is 5.92 Å². The summed E-state index contributed by atoms with van der Waals surface area (Å²) in [6.45, 7) is 6.33. The number of benzene rings is 1. The van der Waals surface area contributed by atoms with Crippen molar-refractivity contribution in [2.45, 2.75) is 38.6 Å². The zero-order valence-electron chi connectivity index (χ0n) is 11.8. The summed E-state index contributed by atoms with van der Waals surface area (Å²) in [5.74, 6) is 2.15. The van der Waals surface area contributed by atoms with Gasteiger partial charge in [0.15, 0.2) is 5.96 Å². The second-order valence-corrected chi connectivity index (χ2v) is 6.13. The molecule has 1 unspecified atom stereocenters. The Labute approximate surface area is 115 Å². The summed E-state index contributed by atoms with van der Waals surface area (Å²) in [6.07, 6.45) is 2.70. The fourth-order valence-electron chi connectivity index (χ4n) is 2.72. The Morgan fingerprint density at radius 1 is 1.26 bits per heavy atom. The number of rotatable bonds is 4. The number of nitrogens with zero attached hydrogens (tertiary/aromatic N) is 2. The Hall–Kier alpha value is -1.51. The SMILES string of the molecule is CC(C)c1ccc(C2CN=C(N)N2CC2CC2)cc1. The van der Waals surface area contributed by atoms with Gasteiger partial charge in [0.2, 0.25) is 0 Å². The summed E-state index contributed by atoms with van der Waals surface area (Å²) in [7, 11) is 0. The fourth-order valence-corrected chi connectivity index (χ4v) is 2.72. The van der Waals surface area contributed by atoms with Crippen molar-refractivity contribution in [2.24, 2.45) is 16.6 Å². The minimum absolute atomic E-state index is 0.349. The molecule has 0 spiro atoms. The van der Waals surface area contributed by atoms with Gasteiger partial charge in [-0.25, -0.2) is 0 Å². The number of guanidine groups is 1. The zero-order chi connectivity index (χ0) is 13.4. The lowest BCUT2D eigenvalue weighted by Gasteiger charge is -2.26. The van der Waals surface area contributed by atoms with Gasteiger partial charge in [-0.2, -0.15) is 0 Å². The van der Waals surface area contributed by atoms with Crippen LogP contribution in [-0.4, -0.2) is 23.9 Å². The van der Waals surface area contributed by atoms with Gasteiger partial charge in [-0.15, -0.1) is 0 Å². The van der Waals surface area contributed by atoms with E-state index >= 15 is 0 Å². The van der Waals surface area contributed by atoms with Crippen molar-refractivity contribution in [3.8, 4) is 0 Å². The van der Waals surface area contributed by atoms with Crippen LogP contribution in [0.15, 0.2) is 29.3 Å². The molecule has 1 atom stereocenters. The molecule has 1 aromatic carbocycles. The molecule has 0 amide bonds. The van der Waals surface area contributed by atoms with Gasteiger partial charge in [-0.3, -0.25) is 4.99 Å². The molecule has 102 valence electrons. The van der Waals surface area contributed by atoms with Gasteiger partial charge >= 0.3 is 0 Å². The minimum atomic E-state index is 0.349. The molecule has 3 rings (SSSR count). The zero-order valence-corrected chi connectivity index (χ0v) is 11.8. The molecule has 3 heteroatoms. The Morgan fingerprint density at radius 2 is 1.95 bits per heavy atom. The van der Waals surface area contributed by atoms with Crippen LogP contribution in [0.2, 0.25) is 0 Å². The van der Waals surface area contributed by atoms with E-state index in [1.165, 1.54) is 24.0 Å². The van der Waals surface area contributed by atoms with Crippen LogP contribution in [0.5, 0.6) is 0 Å². The third-order valence-corrected chi connectivity index (χ3v) is 4.24. The van der Waals surface area contributed by atoms with Crippen molar-refractivity contribution >= 4 is 5.96 Å². The van der Waals surface area contributed by atoms with E-state index in [9.17, 15) is 0 Å². The van der Waals surface area contributed by atoms with Crippen molar-refractivity contribution in [3.05, 3.63) is 35.4 Å². The van der Waals surface area contributed by atoms with E-state index in [1.54, 1.807) is 0 Å². The molecule has 2 aliphatic rings. The van der Waals surface area contributed by atoms with Crippen LogP contribution in [-0.2, 0) is 0 Å². The summed E-state index contributed by atoms with van der Waals surface area (Å²) in [5, 5.41) is 0. The molecule has 1 fully saturated rings. The number of hydrogen-bond donors (Lipinski definition) is 1. The lowest BCUT2D eigenvalue weighted by molar-refractivity contribution is 0.333. The average molecular weight is 257 g/mol. The van der Waals surface area contributed by atoms with Crippen LogP contribution in [0.4, 0.5) is 0 Å². The largest absolute Gasteiger partial charge is 0.370 e. The van der Waals surface area contributed by atoms with E-state index in [0.29, 0.717) is 12.0 Å². The van der Waals surface area contributed by atoms with Gasteiger partial charge in [-0.1, -0.05) is 38.1 Å². The molecule has 1 aliphatic heterocycles. The molecule has 1 aromatic rings. The van der Waals surface area contributed by atoms with Crippen LogP contribution in [0.3, 0.4) is 0 Å². The Kier molecular flexibility index (Phi) is 3.21. The van der Waals surface area contributed by atoms with E-state index in [4.69, 9.17) is 5.73 Å². The maximum Gasteiger partial charge on any atom is 0.191 e. The first-order valence-electron chi connectivity index (χ1n) is 7.31. The van der Waals surface area contributed by atoms with E-state index < -0.39 is 0 Å².